The Labute approximate surface area is 198 Å². The van der Waals surface area contributed by atoms with E-state index in [0.717, 1.165) is 6.07 Å². The minimum absolute atomic E-state index is 0.358. The topological polar surface area (TPSA) is 210 Å². The molecule has 0 unspecified atom stereocenters. The quantitative estimate of drug-likeness (QED) is 0.317. The number of benzene rings is 1. The number of hydrogen-bond acceptors (Lipinski definition) is 12. The number of nitrogens with one attached hydrogen (secondary N) is 2. The zero-order valence-electron chi connectivity index (χ0n) is 14.7. The number of aromatic nitrogens is 6. The van der Waals surface area contributed by atoms with E-state index < -0.39 is 41.4 Å². The molecule has 1 aromatic carbocycles. The Morgan fingerprint density at radius 1 is 0.594 bits per heavy atom. The van der Waals surface area contributed by atoms with Gasteiger partial charge in [-0.2, -0.15) is 46.7 Å². The highest BCUT2D eigenvalue weighted by Gasteiger charge is 2.26. The summed E-state index contributed by atoms with van der Waals surface area (Å²) in [5.41, 5.74) is -0.932. The largest absolute Gasteiger partial charge is 0.323 e. The molecule has 2 aromatic heterocycles. The van der Waals surface area contributed by atoms with Gasteiger partial charge in [0.25, 0.3) is 20.2 Å². The molecular weight excluding hydrogens is 558 g/mol. The molecule has 0 fully saturated rings. The van der Waals surface area contributed by atoms with Crippen LogP contribution in [0.1, 0.15) is 0 Å². The van der Waals surface area contributed by atoms with Crippen molar-refractivity contribution in [3.63, 3.8) is 0 Å². The number of anilines is 4. The molecular formula is C12H6Cl4N8O6S2. The molecule has 3 aromatic rings. The Hall–Kier alpha value is -2.18. The molecule has 0 saturated carbocycles. The van der Waals surface area contributed by atoms with Crippen molar-refractivity contribution in [1.82, 2.24) is 29.9 Å². The smallest absolute Gasteiger partial charge is 0.296 e. The lowest BCUT2D eigenvalue weighted by Crippen LogP contribution is -2.11. The third kappa shape index (κ3) is 5.99. The Kier molecular flexibility index (Phi) is 6.87. The van der Waals surface area contributed by atoms with Crippen LogP contribution in [-0.2, 0) is 20.2 Å². The molecule has 0 saturated heterocycles. The molecule has 32 heavy (non-hydrogen) atoms. The highest BCUT2D eigenvalue weighted by molar-refractivity contribution is 7.86. The first-order chi connectivity index (χ1) is 14.7. The zero-order valence-corrected chi connectivity index (χ0v) is 19.4. The Balaban J connectivity index is 2.23. The van der Waals surface area contributed by atoms with E-state index >= 15 is 0 Å². The second kappa shape index (κ2) is 8.99. The molecule has 170 valence electrons. The summed E-state index contributed by atoms with van der Waals surface area (Å²) in [5, 5.41) is 3.36. The van der Waals surface area contributed by atoms with Crippen molar-refractivity contribution in [3.8, 4) is 0 Å². The van der Waals surface area contributed by atoms with E-state index in [9.17, 15) is 25.9 Å². The van der Waals surface area contributed by atoms with Crippen LogP contribution in [0.15, 0.2) is 21.9 Å². The van der Waals surface area contributed by atoms with Gasteiger partial charge in [-0.1, -0.05) is 0 Å². The van der Waals surface area contributed by atoms with Crippen molar-refractivity contribution < 1.29 is 25.9 Å². The van der Waals surface area contributed by atoms with E-state index in [1.807, 2.05) is 0 Å². The van der Waals surface area contributed by atoms with Gasteiger partial charge >= 0.3 is 0 Å². The monoisotopic (exact) mass is 562 g/mol. The first-order valence-corrected chi connectivity index (χ1v) is 11.9. The van der Waals surface area contributed by atoms with Gasteiger partial charge in [0.15, 0.2) is 0 Å². The van der Waals surface area contributed by atoms with Gasteiger partial charge in [-0.05, 0) is 58.5 Å². The van der Waals surface area contributed by atoms with Gasteiger partial charge in [0.1, 0.15) is 9.79 Å². The van der Waals surface area contributed by atoms with Gasteiger partial charge < -0.3 is 10.6 Å². The first kappa shape index (κ1) is 24.5. The normalized spacial score (nSPS) is 11.9. The molecule has 0 aliphatic rings. The van der Waals surface area contributed by atoms with E-state index in [2.05, 4.69) is 40.5 Å². The van der Waals surface area contributed by atoms with Crippen molar-refractivity contribution in [2.24, 2.45) is 0 Å². The molecule has 2 heterocycles. The zero-order chi connectivity index (χ0) is 23.8. The summed E-state index contributed by atoms with van der Waals surface area (Å²) in [6.45, 7) is 0. The number of rotatable bonds is 6. The molecule has 0 amide bonds. The van der Waals surface area contributed by atoms with Crippen LogP contribution < -0.4 is 10.6 Å². The second-order valence-electron chi connectivity index (χ2n) is 5.44. The summed E-state index contributed by atoms with van der Waals surface area (Å²) in [5.74, 6) is -0.728. The summed E-state index contributed by atoms with van der Waals surface area (Å²) in [6.07, 6.45) is 0. The van der Waals surface area contributed by atoms with E-state index in [4.69, 9.17) is 46.4 Å². The standard InChI is InChI=1S/C12H6Cl4N8O6S2/c13-7-19-8(14)22-11(21-7)17-3-1-4(18-12-23-9(15)20-10(16)24-12)6(32(28,29)30)2-5(3)31(25,26)27/h1-2H,(H,25,26,27)(H,28,29,30)(H,17,19,21,22)(H,18,20,23,24). The molecule has 0 atom stereocenters. The number of halogens is 4. The fourth-order valence-corrected chi connectivity index (χ4v) is 4.30. The van der Waals surface area contributed by atoms with Crippen LogP contribution in [0.3, 0.4) is 0 Å². The third-order valence-electron chi connectivity index (χ3n) is 3.29. The molecule has 20 heteroatoms. The highest BCUT2D eigenvalue weighted by Crippen LogP contribution is 2.34. The minimum Gasteiger partial charge on any atom is -0.323 e. The molecule has 0 spiro atoms. The molecule has 0 radical (unpaired) electrons. The van der Waals surface area contributed by atoms with E-state index in [-0.39, 0.29) is 33.0 Å². The minimum atomic E-state index is -5.05. The summed E-state index contributed by atoms with van der Waals surface area (Å²) >= 11 is 22.7. The molecule has 0 aliphatic carbocycles. The van der Waals surface area contributed by atoms with Crippen molar-refractivity contribution in [1.29, 1.82) is 0 Å². The van der Waals surface area contributed by atoms with Crippen LogP contribution in [0.2, 0.25) is 21.1 Å². The maximum absolute atomic E-state index is 11.9. The van der Waals surface area contributed by atoms with Crippen LogP contribution in [0.5, 0.6) is 0 Å². The molecule has 4 N–H and O–H groups in total. The predicted octanol–water partition coefficient (Wildman–Crippen LogP) is 2.65. The average molecular weight is 564 g/mol. The Morgan fingerprint density at radius 2 is 0.906 bits per heavy atom. The highest BCUT2D eigenvalue weighted by atomic mass is 35.5. The van der Waals surface area contributed by atoms with Crippen LogP contribution in [0, 0.1) is 0 Å². The van der Waals surface area contributed by atoms with Gasteiger partial charge in [-0.3, -0.25) is 9.11 Å². The van der Waals surface area contributed by atoms with E-state index in [0.29, 0.717) is 6.07 Å². The van der Waals surface area contributed by atoms with E-state index in [1.165, 1.54) is 0 Å². The van der Waals surface area contributed by atoms with E-state index in [1.54, 1.807) is 0 Å². The van der Waals surface area contributed by atoms with Crippen molar-refractivity contribution >= 4 is 89.9 Å². The molecule has 0 bridgehead atoms. The van der Waals surface area contributed by atoms with Gasteiger partial charge in [0.05, 0.1) is 11.4 Å². The van der Waals surface area contributed by atoms with Gasteiger partial charge in [-0.15, -0.1) is 0 Å². The van der Waals surface area contributed by atoms with Crippen LogP contribution in [0.25, 0.3) is 0 Å². The molecule has 0 aliphatic heterocycles. The van der Waals surface area contributed by atoms with Crippen LogP contribution >= 0.6 is 46.4 Å². The lowest BCUT2D eigenvalue weighted by atomic mass is 10.2. The van der Waals surface area contributed by atoms with Crippen molar-refractivity contribution in [2.45, 2.75) is 9.79 Å². The van der Waals surface area contributed by atoms with Gasteiger partial charge in [0.2, 0.25) is 33.0 Å². The van der Waals surface area contributed by atoms with Gasteiger partial charge in [0, 0.05) is 0 Å². The Bertz CT molecular complexity index is 1290. The Morgan fingerprint density at radius 3 is 1.19 bits per heavy atom. The summed E-state index contributed by atoms with van der Waals surface area (Å²) < 4.78 is 66.6. The van der Waals surface area contributed by atoms with Crippen LogP contribution in [-0.4, -0.2) is 55.8 Å². The lowest BCUT2D eigenvalue weighted by molar-refractivity contribution is 0.482. The molecule has 14 nitrogen and oxygen atoms in total. The summed E-state index contributed by atoms with van der Waals surface area (Å²) in [4.78, 5) is 19.8. The summed E-state index contributed by atoms with van der Waals surface area (Å²) in [6, 6.07) is 1.30. The van der Waals surface area contributed by atoms with Crippen molar-refractivity contribution in [2.75, 3.05) is 10.6 Å². The fraction of sp³-hybridized carbons (Fsp3) is 0. The maximum atomic E-state index is 11.9. The average Bonchev–Trinajstić information content (AvgIpc) is 2.57. The number of nitrogens with zero attached hydrogens (tertiary/aromatic N) is 6. The maximum Gasteiger partial charge on any atom is 0.296 e. The molecule has 3 rings (SSSR count). The second-order valence-corrected chi connectivity index (χ2v) is 9.57. The SMILES string of the molecule is O=S(=O)(O)c1cc(S(=O)(=O)O)c(Nc2nc(Cl)nc(Cl)n2)cc1Nc1nc(Cl)nc(Cl)n1. The van der Waals surface area contributed by atoms with Gasteiger partial charge in [-0.25, -0.2) is 0 Å². The fourth-order valence-electron chi connectivity index (χ4n) is 2.19. The third-order valence-corrected chi connectivity index (χ3v) is 5.76. The predicted molar refractivity (Wildman–Crippen MR) is 112 cm³/mol. The first-order valence-electron chi connectivity index (χ1n) is 7.53. The van der Waals surface area contributed by atoms with Crippen molar-refractivity contribution in [3.05, 3.63) is 33.3 Å². The lowest BCUT2D eigenvalue weighted by Gasteiger charge is -2.15. The number of hydrogen-bond donors (Lipinski definition) is 4. The van der Waals surface area contributed by atoms with Crippen LogP contribution in [0.4, 0.5) is 23.3 Å². The summed E-state index contributed by atoms with van der Waals surface area (Å²) in [7, 11) is -10.1.